The average Bonchev–Trinajstić information content (AvgIpc) is 3.33. The van der Waals surface area contributed by atoms with E-state index in [1.807, 2.05) is 6.07 Å². The largest absolute Gasteiger partial charge is 0.489 e. The number of aromatic nitrogens is 2. The second kappa shape index (κ2) is 7.15. The van der Waals surface area contributed by atoms with Crippen LogP contribution in [0, 0.1) is 17.1 Å². The van der Waals surface area contributed by atoms with Crippen molar-refractivity contribution in [3.8, 4) is 22.9 Å². The highest BCUT2D eigenvalue weighted by Gasteiger charge is 2.44. The van der Waals surface area contributed by atoms with Crippen molar-refractivity contribution in [1.82, 2.24) is 15.3 Å². The van der Waals surface area contributed by atoms with Crippen LogP contribution in [-0.4, -0.2) is 41.2 Å². The maximum Gasteiger partial charge on any atom is 0.159 e. The van der Waals surface area contributed by atoms with E-state index in [0.29, 0.717) is 51.1 Å². The molecule has 7 rings (SSSR count). The zero-order chi connectivity index (χ0) is 23.1. The molecule has 2 bridgehead atoms. The summed E-state index contributed by atoms with van der Waals surface area (Å²) in [7, 11) is 0. The molecule has 5 heterocycles. The Hall–Kier alpha value is -3.19. The Morgan fingerprint density at radius 2 is 2.18 bits per heavy atom. The Labute approximate surface area is 202 Å². The van der Waals surface area contributed by atoms with Gasteiger partial charge in [0.2, 0.25) is 0 Å². The Morgan fingerprint density at radius 3 is 3.03 bits per heavy atom. The zero-order valence-corrected chi connectivity index (χ0v) is 19.4. The topological polar surface area (TPSA) is 100 Å². The second-order valence-electron chi connectivity index (χ2n) is 8.96. The van der Waals surface area contributed by atoms with Gasteiger partial charge in [0.1, 0.15) is 35.3 Å². The molecular formula is C24H18ClFN6OS. The fourth-order valence-corrected chi connectivity index (χ4v) is 7.05. The number of nitrogen functional groups attached to an aromatic ring is 1. The molecule has 3 aliphatic heterocycles. The molecule has 170 valence electrons. The molecule has 3 N–H and O–H groups in total. The van der Waals surface area contributed by atoms with Crippen molar-refractivity contribution < 1.29 is 9.13 Å². The number of nitrogens with one attached hydrogen (secondary N) is 1. The SMILES string of the molecule is N#Cc1c(N)sc2cccc(-c3c(Cl)c4c5c(ncnc5c3F)N3C[C@H]5CC[C@H](N5)[C@H]3CO4)c12. The Balaban J connectivity index is 1.53. The molecule has 10 heteroatoms. The lowest BCUT2D eigenvalue weighted by Gasteiger charge is -2.40. The number of fused-ring (bicyclic) bond motifs is 6. The quantitative estimate of drug-likeness (QED) is 0.404. The van der Waals surface area contributed by atoms with Gasteiger partial charge in [0.05, 0.1) is 22.0 Å². The average molecular weight is 493 g/mol. The van der Waals surface area contributed by atoms with Crippen molar-refractivity contribution in [2.45, 2.75) is 31.0 Å². The lowest BCUT2D eigenvalue weighted by Crippen LogP contribution is -2.60. The minimum Gasteiger partial charge on any atom is -0.489 e. The number of ether oxygens (including phenoxy) is 1. The van der Waals surface area contributed by atoms with Crippen LogP contribution in [0.2, 0.25) is 5.02 Å². The van der Waals surface area contributed by atoms with Crippen molar-refractivity contribution in [1.29, 1.82) is 5.26 Å². The maximum atomic E-state index is 16.3. The van der Waals surface area contributed by atoms with E-state index in [1.165, 1.54) is 17.7 Å². The van der Waals surface area contributed by atoms with Gasteiger partial charge in [-0.15, -0.1) is 11.3 Å². The van der Waals surface area contributed by atoms with Crippen LogP contribution in [0.3, 0.4) is 0 Å². The molecular weight excluding hydrogens is 475 g/mol. The Kier molecular flexibility index (Phi) is 4.25. The van der Waals surface area contributed by atoms with Crippen LogP contribution < -0.4 is 20.7 Å². The van der Waals surface area contributed by atoms with Crippen molar-refractivity contribution >= 4 is 54.7 Å². The monoisotopic (exact) mass is 492 g/mol. The number of halogens is 2. The summed E-state index contributed by atoms with van der Waals surface area (Å²) >= 11 is 8.21. The van der Waals surface area contributed by atoms with Gasteiger partial charge in [-0.2, -0.15) is 5.26 Å². The number of benzene rings is 2. The highest BCUT2D eigenvalue weighted by Crippen LogP contribution is 2.50. The number of hydrogen-bond acceptors (Lipinski definition) is 8. The predicted octanol–water partition coefficient (Wildman–Crippen LogP) is 4.46. The Bertz CT molecular complexity index is 1570. The van der Waals surface area contributed by atoms with Crippen molar-refractivity contribution in [3.63, 3.8) is 0 Å². The van der Waals surface area contributed by atoms with Crippen LogP contribution in [0.15, 0.2) is 24.5 Å². The predicted molar refractivity (Wildman–Crippen MR) is 131 cm³/mol. The first-order chi connectivity index (χ1) is 16.6. The molecule has 2 saturated heterocycles. The van der Waals surface area contributed by atoms with Gasteiger partial charge in [0.25, 0.3) is 0 Å². The lowest BCUT2D eigenvalue weighted by atomic mass is 9.96. The molecule has 7 nitrogen and oxygen atoms in total. The molecule has 0 unspecified atom stereocenters. The molecule has 3 aliphatic rings. The van der Waals surface area contributed by atoms with Crippen LogP contribution in [0.5, 0.6) is 5.75 Å². The summed E-state index contributed by atoms with van der Waals surface area (Å²) in [6, 6.07) is 8.30. The number of thiophene rings is 1. The fraction of sp³-hybridized carbons (Fsp3) is 0.292. The third kappa shape index (κ3) is 2.59. The van der Waals surface area contributed by atoms with E-state index in [0.717, 1.165) is 24.1 Å². The number of nitrogens with zero attached hydrogens (tertiary/aromatic N) is 4. The van der Waals surface area contributed by atoms with Crippen LogP contribution in [0.25, 0.3) is 32.1 Å². The molecule has 0 radical (unpaired) electrons. The highest BCUT2D eigenvalue weighted by atomic mass is 35.5. The van der Waals surface area contributed by atoms with Gasteiger partial charge >= 0.3 is 0 Å². The summed E-state index contributed by atoms with van der Waals surface area (Å²) < 4.78 is 23.4. The number of rotatable bonds is 1. The van der Waals surface area contributed by atoms with Crippen LogP contribution in [0.1, 0.15) is 18.4 Å². The number of piperazine rings is 1. The normalized spacial score (nSPS) is 23.0. The third-order valence-electron chi connectivity index (χ3n) is 7.25. The summed E-state index contributed by atoms with van der Waals surface area (Å²) in [6.07, 6.45) is 3.56. The number of hydrogen-bond donors (Lipinski definition) is 2. The highest BCUT2D eigenvalue weighted by molar-refractivity contribution is 7.23. The number of nitrogens with two attached hydrogens (primary N) is 1. The summed E-state index contributed by atoms with van der Waals surface area (Å²) in [5, 5.41) is 15.0. The zero-order valence-electron chi connectivity index (χ0n) is 17.8. The van der Waals surface area contributed by atoms with E-state index in [-0.39, 0.29) is 28.2 Å². The number of nitriles is 1. The van der Waals surface area contributed by atoms with Gasteiger partial charge in [-0.05, 0) is 24.5 Å². The minimum atomic E-state index is -0.561. The van der Waals surface area contributed by atoms with E-state index in [9.17, 15) is 5.26 Å². The van der Waals surface area contributed by atoms with Gasteiger partial charge in [-0.1, -0.05) is 23.7 Å². The van der Waals surface area contributed by atoms with Crippen LogP contribution >= 0.6 is 22.9 Å². The van der Waals surface area contributed by atoms with Gasteiger partial charge in [0, 0.05) is 34.3 Å². The molecule has 2 fully saturated rings. The molecule has 2 aromatic carbocycles. The molecule has 3 atom stereocenters. The van der Waals surface area contributed by atoms with Crippen molar-refractivity contribution in [3.05, 3.63) is 40.9 Å². The molecule has 34 heavy (non-hydrogen) atoms. The van der Waals surface area contributed by atoms with Crippen molar-refractivity contribution in [2.75, 3.05) is 23.8 Å². The summed E-state index contributed by atoms with van der Waals surface area (Å²) in [5.41, 5.74) is 7.22. The first-order valence-electron chi connectivity index (χ1n) is 11.1. The van der Waals surface area contributed by atoms with Gasteiger partial charge in [0.15, 0.2) is 11.6 Å². The standard InChI is InChI=1S/C24H18ClFN6OS/c25-19-17(11-2-1-3-15-16(11)12(6-27)23(28)34-15)20(26)21-18-22(19)33-8-14-13-5-4-10(31-13)7-32(14)24(18)30-9-29-21/h1-3,9-10,13-14,31H,4-5,7-8,28H2/t10-,13+,14-/m1/s1. The van der Waals surface area contributed by atoms with Crippen LogP contribution in [-0.2, 0) is 0 Å². The van der Waals surface area contributed by atoms with Crippen molar-refractivity contribution in [2.24, 2.45) is 0 Å². The molecule has 0 amide bonds. The smallest absolute Gasteiger partial charge is 0.159 e. The van der Waals surface area contributed by atoms with E-state index in [2.05, 4.69) is 26.3 Å². The number of anilines is 2. The molecule has 4 aromatic rings. The summed E-state index contributed by atoms with van der Waals surface area (Å²) in [5.74, 6) is 0.477. The molecule has 0 spiro atoms. The summed E-state index contributed by atoms with van der Waals surface area (Å²) in [6.45, 7) is 1.18. The molecule has 0 saturated carbocycles. The lowest BCUT2D eigenvalue weighted by molar-refractivity contribution is 0.244. The molecule has 0 aliphatic carbocycles. The first kappa shape index (κ1) is 20.2. The summed E-state index contributed by atoms with van der Waals surface area (Å²) in [4.78, 5) is 11.1. The maximum absolute atomic E-state index is 16.3. The van der Waals surface area contributed by atoms with Gasteiger partial charge < -0.3 is 20.7 Å². The van der Waals surface area contributed by atoms with E-state index >= 15 is 4.39 Å². The minimum absolute atomic E-state index is 0.0668. The Morgan fingerprint density at radius 1 is 1.29 bits per heavy atom. The van der Waals surface area contributed by atoms with Gasteiger partial charge in [-0.3, -0.25) is 0 Å². The third-order valence-corrected chi connectivity index (χ3v) is 8.60. The first-order valence-corrected chi connectivity index (χ1v) is 12.3. The van der Waals surface area contributed by atoms with E-state index < -0.39 is 5.82 Å². The van der Waals surface area contributed by atoms with Crippen LogP contribution in [0.4, 0.5) is 15.2 Å². The van der Waals surface area contributed by atoms with E-state index in [1.54, 1.807) is 12.1 Å². The fourth-order valence-electron chi connectivity index (χ4n) is 5.77. The molecule has 2 aromatic heterocycles. The van der Waals surface area contributed by atoms with E-state index in [4.69, 9.17) is 22.1 Å². The van der Waals surface area contributed by atoms with Gasteiger partial charge in [-0.25, -0.2) is 14.4 Å². The second-order valence-corrected chi connectivity index (χ2v) is 10.4.